The van der Waals surface area contributed by atoms with Gasteiger partial charge in [-0.2, -0.15) is 0 Å². The van der Waals surface area contributed by atoms with Gasteiger partial charge >= 0.3 is 5.97 Å². The molecule has 0 bridgehead atoms. The molecule has 1 aromatic rings. The highest BCUT2D eigenvalue weighted by atomic mass is 16.5. The van der Waals surface area contributed by atoms with Crippen molar-refractivity contribution < 1.29 is 14.6 Å². The first-order valence-electron chi connectivity index (χ1n) is 5.31. The number of nitrogens with zero attached hydrogens (tertiary/aromatic N) is 3. The Hall–Kier alpha value is -1.43. The van der Waals surface area contributed by atoms with E-state index in [1.54, 1.807) is 11.8 Å². The summed E-state index contributed by atoms with van der Waals surface area (Å²) in [4.78, 5) is 10.6. The number of carboxylic acid groups (broad SMARTS) is 1. The van der Waals surface area contributed by atoms with E-state index in [1.807, 2.05) is 0 Å². The van der Waals surface area contributed by atoms with Crippen LogP contribution in [-0.2, 0) is 29.1 Å². The lowest BCUT2D eigenvalue weighted by atomic mass is 10.2. The van der Waals surface area contributed by atoms with Crippen LogP contribution in [0.25, 0.3) is 0 Å². The fourth-order valence-electron chi connectivity index (χ4n) is 1.43. The Morgan fingerprint density at radius 3 is 2.88 bits per heavy atom. The predicted molar refractivity (Wildman–Crippen MR) is 57.0 cm³/mol. The molecule has 6 heteroatoms. The summed E-state index contributed by atoms with van der Waals surface area (Å²) in [5.41, 5.74) is 1.25. The van der Waals surface area contributed by atoms with Gasteiger partial charge in [0.2, 0.25) is 0 Å². The van der Waals surface area contributed by atoms with Crippen LogP contribution in [0.2, 0.25) is 0 Å². The number of carboxylic acids is 1. The number of aryl methyl sites for hydroxylation is 1. The molecule has 0 atom stereocenters. The van der Waals surface area contributed by atoms with Crippen LogP contribution < -0.4 is 0 Å². The lowest BCUT2D eigenvalue weighted by molar-refractivity contribution is -0.136. The van der Waals surface area contributed by atoms with Crippen LogP contribution in [0.3, 0.4) is 0 Å². The number of ether oxygens (including phenoxy) is 1. The number of rotatable bonds is 7. The second-order valence-corrected chi connectivity index (χ2v) is 3.56. The number of hydrogen-bond acceptors (Lipinski definition) is 4. The Morgan fingerprint density at radius 2 is 2.31 bits per heavy atom. The van der Waals surface area contributed by atoms with E-state index in [0.29, 0.717) is 12.3 Å². The molecule has 1 N–H and O–H groups in total. The minimum Gasteiger partial charge on any atom is -0.481 e. The molecule has 0 fully saturated rings. The third kappa shape index (κ3) is 3.30. The number of aliphatic carboxylic acids is 1. The maximum absolute atomic E-state index is 10.6. The monoisotopic (exact) mass is 227 g/mol. The summed E-state index contributed by atoms with van der Waals surface area (Å²) in [7, 11) is 1.57. The molecule has 16 heavy (non-hydrogen) atoms. The van der Waals surface area contributed by atoms with Crippen molar-refractivity contribution in [3.8, 4) is 0 Å². The van der Waals surface area contributed by atoms with E-state index in [2.05, 4.69) is 17.2 Å². The SMILES string of the molecule is CCCCn1nnc(CC(=O)O)c1COC. The highest BCUT2D eigenvalue weighted by Gasteiger charge is 2.14. The van der Waals surface area contributed by atoms with Gasteiger partial charge in [-0.15, -0.1) is 5.10 Å². The lowest BCUT2D eigenvalue weighted by Gasteiger charge is -2.05. The number of hydrogen-bond donors (Lipinski definition) is 1. The minimum atomic E-state index is -0.903. The standard InChI is InChI=1S/C10H17N3O3/c1-3-4-5-13-9(7-16-2)8(11-12-13)6-10(14)15/h3-7H2,1-2H3,(H,14,15). The van der Waals surface area contributed by atoms with Crippen molar-refractivity contribution in [2.24, 2.45) is 0 Å². The summed E-state index contributed by atoms with van der Waals surface area (Å²) in [6.07, 6.45) is 1.94. The molecule has 0 amide bonds. The molecule has 0 radical (unpaired) electrons. The molecule has 0 saturated heterocycles. The highest BCUT2D eigenvalue weighted by molar-refractivity contribution is 5.69. The Labute approximate surface area is 94.2 Å². The van der Waals surface area contributed by atoms with Crippen molar-refractivity contribution in [2.75, 3.05) is 7.11 Å². The fourth-order valence-corrected chi connectivity index (χ4v) is 1.43. The second kappa shape index (κ2) is 6.22. The van der Waals surface area contributed by atoms with Gasteiger partial charge in [-0.1, -0.05) is 18.6 Å². The first kappa shape index (κ1) is 12.6. The van der Waals surface area contributed by atoms with Gasteiger partial charge < -0.3 is 9.84 Å². The number of unbranched alkanes of at least 4 members (excludes halogenated alkanes) is 1. The van der Waals surface area contributed by atoms with E-state index in [1.165, 1.54) is 0 Å². The Morgan fingerprint density at radius 1 is 1.56 bits per heavy atom. The van der Waals surface area contributed by atoms with Crippen molar-refractivity contribution in [2.45, 2.75) is 39.3 Å². The van der Waals surface area contributed by atoms with E-state index < -0.39 is 5.97 Å². The van der Waals surface area contributed by atoms with Crippen LogP contribution in [-0.4, -0.2) is 33.2 Å². The van der Waals surface area contributed by atoms with Crippen LogP contribution in [0.1, 0.15) is 31.2 Å². The smallest absolute Gasteiger partial charge is 0.309 e. The zero-order valence-corrected chi connectivity index (χ0v) is 9.64. The van der Waals surface area contributed by atoms with Gasteiger partial charge in [0.05, 0.1) is 24.4 Å². The quantitative estimate of drug-likeness (QED) is 0.747. The zero-order chi connectivity index (χ0) is 12.0. The third-order valence-corrected chi connectivity index (χ3v) is 2.24. The molecule has 1 aromatic heterocycles. The van der Waals surface area contributed by atoms with E-state index in [4.69, 9.17) is 9.84 Å². The summed E-state index contributed by atoms with van der Waals surface area (Å²) in [6, 6.07) is 0. The molecule has 0 aliphatic rings. The van der Waals surface area contributed by atoms with Crippen LogP contribution in [0, 0.1) is 0 Å². The highest BCUT2D eigenvalue weighted by Crippen LogP contribution is 2.09. The molecular weight excluding hydrogens is 210 g/mol. The van der Waals surface area contributed by atoms with E-state index in [-0.39, 0.29) is 6.42 Å². The van der Waals surface area contributed by atoms with Gasteiger partial charge in [-0.3, -0.25) is 4.79 Å². The van der Waals surface area contributed by atoms with Crippen LogP contribution >= 0.6 is 0 Å². The Kier molecular flexibility index (Phi) is 4.91. The predicted octanol–water partition coefficient (Wildman–Crippen LogP) is 0.852. The Bertz CT molecular complexity index is 349. The molecule has 0 spiro atoms. The molecule has 0 aromatic carbocycles. The number of carbonyl (C=O) groups is 1. The number of aromatic nitrogens is 3. The molecule has 1 heterocycles. The summed E-state index contributed by atoms with van der Waals surface area (Å²) in [6.45, 7) is 3.19. The van der Waals surface area contributed by atoms with E-state index in [9.17, 15) is 4.79 Å². The van der Waals surface area contributed by atoms with Crippen LogP contribution in [0.15, 0.2) is 0 Å². The molecular formula is C10H17N3O3. The molecule has 1 rings (SSSR count). The second-order valence-electron chi connectivity index (χ2n) is 3.56. The van der Waals surface area contributed by atoms with Gasteiger partial charge in [0.1, 0.15) is 0 Å². The molecule has 0 saturated carbocycles. The van der Waals surface area contributed by atoms with Crippen LogP contribution in [0.5, 0.6) is 0 Å². The van der Waals surface area contributed by atoms with Crippen molar-refractivity contribution in [1.82, 2.24) is 15.0 Å². The third-order valence-electron chi connectivity index (χ3n) is 2.24. The van der Waals surface area contributed by atoms with Gasteiger partial charge in [0.15, 0.2) is 0 Å². The number of methoxy groups -OCH3 is 1. The molecule has 90 valence electrons. The van der Waals surface area contributed by atoms with Gasteiger partial charge in [0.25, 0.3) is 0 Å². The topological polar surface area (TPSA) is 77.2 Å². The Balaban J connectivity index is 2.82. The maximum Gasteiger partial charge on any atom is 0.309 e. The average molecular weight is 227 g/mol. The van der Waals surface area contributed by atoms with Crippen molar-refractivity contribution in [3.63, 3.8) is 0 Å². The van der Waals surface area contributed by atoms with Crippen LogP contribution in [0.4, 0.5) is 0 Å². The van der Waals surface area contributed by atoms with E-state index in [0.717, 1.165) is 25.1 Å². The lowest BCUT2D eigenvalue weighted by Crippen LogP contribution is -2.09. The average Bonchev–Trinajstić information content (AvgIpc) is 2.59. The first-order valence-corrected chi connectivity index (χ1v) is 5.31. The van der Waals surface area contributed by atoms with Crippen molar-refractivity contribution in [3.05, 3.63) is 11.4 Å². The summed E-state index contributed by atoms with van der Waals surface area (Å²) in [5.74, 6) is -0.903. The minimum absolute atomic E-state index is 0.106. The summed E-state index contributed by atoms with van der Waals surface area (Å²) >= 11 is 0. The van der Waals surface area contributed by atoms with Crippen molar-refractivity contribution >= 4 is 5.97 Å². The molecule has 0 unspecified atom stereocenters. The zero-order valence-electron chi connectivity index (χ0n) is 9.64. The molecule has 0 aliphatic heterocycles. The van der Waals surface area contributed by atoms with Gasteiger partial charge in [-0.25, -0.2) is 4.68 Å². The summed E-state index contributed by atoms with van der Waals surface area (Å²) < 4.78 is 6.76. The molecule has 6 nitrogen and oxygen atoms in total. The fraction of sp³-hybridized carbons (Fsp3) is 0.700. The molecule has 0 aliphatic carbocycles. The van der Waals surface area contributed by atoms with Crippen molar-refractivity contribution in [1.29, 1.82) is 0 Å². The van der Waals surface area contributed by atoms with Gasteiger partial charge in [-0.05, 0) is 6.42 Å². The van der Waals surface area contributed by atoms with E-state index >= 15 is 0 Å². The summed E-state index contributed by atoms with van der Waals surface area (Å²) in [5, 5.41) is 16.6. The maximum atomic E-state index is 10.6. The first-order chi connectivity index (χ1) is 7.69. The normalized spacial score (nSPS) is 10.6. The largest absolute Gasteiger partial charge is 0.481 e. The van der Waals surface area contributed by atoms with Gasteiger partial charge in [0, 0.05) is 13.7 Å².